The molecule has 208 valence electrons. The summed E-state index contributed by atoms with van der Waals surface area (Å²) < 4.78 is 0. The summed E-state index contributed by atoms with van der Waals surface area (Å²) in [6, 6.07) is 22.7. The van der Waals surface area contributed by atoms with E-state index in [4.69, 9.17) is 23.2 Å². The van der Waals surface area contributed by atoms with Crippen LogP contribution >= 0.6 is 23.2 Å². The number of hydrogen-bond acceptors (Lipinski definition) is 4. The van der Waals surface area contributed by atoms with Crippen molar-refractivity contribution in [2.75, 3.05) is 37.7 Å². The lowest BCUT2D eigenvalue weighted by molar-refractivity contribution is -0.137. The smallest absolute Gasteiger partial charge is 0.254 e. The van der Waals surface area contributed by atoms with E-state index in [1.807, 2.05) is 72.5 Å². The van der Waals surface area contributed by atoms with Gasteiger partial charge in [-0.2, -0.15) is 0 Å². The molecule has 2 aliphatic heterocycles. The zero-order chi connectivity index (χ0) is 28.3. The molecule has 0 bridgehead atoms. The largest absolute Gasteiger partial charge is 0.354 e. The maximum absolute atomic E-state index is 13.9. The molecule has 0 unspecified atom stereocenters. The fourth-order valence-corrected chi connectivity index (χ4v) is 6.18. The van der Waals surface area contributed by atoms with Gasteiger partial charge >= 0.3 is 0 Å². The Kier molecular flexibility index (Phi) is 8.33. The summed E-state index contributed by atoms with van der Waals surface area (Å²) in [5.41, 5.74) is 2.64. The maximum Gasteiger partial charge on any atom is 0.254 e. The van der Waals surface area contributed by atoms with Crippen LogP contribution in [0.2, 0.25) is 10.0 Å². The minimum atomic E-state index is -0.805. The Bertz CT molecular complexity index is 1410. The highest BCUT2D eigenvalue weighted by molar-refractivity contribution is 6.35. The molecule has 5 rings (SSSR count). The first-order valence-electron chi connectivity index (χ1n) is 13.5. The van der Waals surface area contributed by atoms with Crippen LogP contribution in [0, 0.1) is 6.92 Å². The third kappa shape index (κ3) is 5.67. The molecule has 0 aliphatic carbocycles. The normalized spacial score (nSPS) is 16.5. The Hall–Kier alpha value is -3.55. The molecule has 3 amide bonds. The van der Waals surface area contributed by atoms with Crippen LogP contribution in [0.4, 0.5) is 5.69 Å². The van der Waals surface area contributed by atoms with Crippen molar-refractivity contribution in [2.24, 2.45) is 0 Å². The molecule has 1 N–H and O–H groups in total. The number of rotatable bonds is 7. The maximum atomic E-state index is 13.9. The number of nitrogens with zero attached hydrogens (tertiary/aromatic N) is 3. The topological polar surface area (TPSA) is 73.0 Å². The van der Waals surface area contributed by atoms with Gasteiger partial charge < -0.3 is 20.0 Å². The number of aryl methyl sites for hydroxylation is 1. The molecular weight excluding hydrogens is 547 g/mol. The van der Waals surface area contributed by atoms with E-state index in [0.717, 1.165) is 16.8 Å². The molecule has 0 radical (unpaired) electrons. The molecule has 1 spiro atoms. The van der Waals surface area contributed by atoms with Gasteiger partial charge in [-0.25, -0.2) is 0 Å². The van der Waals surface area contributed by atoms with Crippen molar-refractivity contribution in [3.8, 4) is 0 Å². The molecule has 7 nitrogen and oxygen atoms in total. The van der Waals surface area contributed by atoms with E-state index in [-0.39, 0.29) is 24.3 Å². The molecule has 9 heteroatoms. The van der Waals surface area contributed by atoms with E-state index in [2.05, 4.69) is 10.2 Å². The van der Waals surface area contributed by atoms with Gasteiger partial charge in [-0.15, -0.1) is 0 Å². The highest BCUT2D eigenvalue weighted by Crippen LogP contribution is 2.39. The molecule has 2 heterocycles. The van der Waals surface area contributed by atoms with Crippen molar-refractivity contribution in [2.45, 2.75) is 31.7 Å². The predicted octanol–water partition coefficient (Wildman–Crippen LogP) is 4.94. The average molecular weight is 580 g/mol. The Morgan fingerprint density at radius 2 is 1.65 bits per heavy atom. The van der Waals surface area contributed by atoms with Crippen LogP contribution in [0.25, 0.3) is 0 Å². The number of piperidine rings is 1. The first-order chi connectivity index (χ1) is 19.3. The van der Waals surface area contributed by atoms with Crippen LogP contribution in [-0.4, -0.2) is 65.9 Å². The lowest BCUT2D eigenvalue weighted by atomic mass is 9.85. The van der Waals surface area contributed by atoms with Crippen LogP contribution in [0.5, 0.6) is 0 Å². The molecule has 0 aromatic heterocycles. The van der Waals surface area contributed by atoms with Gasteiger partial charge in [0.2, 0.25) is 5.91 Å². The molecule has 3 aromatic rings. The number of carbonyl (C=O) groups excluding carboxylic acids is 3. The fourth-order valence-electron chi connectivity index (χ4n) is 5.68. The van der Waals surface area contributed by atoms with Crippen molar-refractivity contribution in [3.63, 3.8) is 0 Å². The number of nitrogens with one attached hydrogen (secondary N) is 1. The molecule has 3 aromatic carbocycles. The standard InChI is InChI=1S/C31H32Cl2N4O3/c1-22-7-5-6-10-26(22)29(39)35-17-14-31(15-18-35)30(40)36(21-37(31)25-8-3-2-4-9-25)20-28(38)34-16-13-23-11-12-24(32)19-27(23)33/h2-12,19H,13-18,20-21H2,1H3,(H,34,38). The summed E-state index contributed by atoms with van der Waals surface area (Å²) >= 11 is 12.2. The van der Waals surface area contributed by atoms with Crippen LogP contribution in [0.15, 0.2) is 72.8 Å². The third-order valence-electron chi connectivity index (χ3n) is 7.90. The third-order valence-corrected chi connectivity index (χ3v) is 8.49. The second kappa shape index (κ2) is 11.9. The molecular formula is C31H32Cl2N4O3. The van der Waals surface area contributed by atoms with E-state index in [0.29, 0.717) is 61.2 Å². The summed E-state index contributed by atoms with van der Waals surface area (Å²) in [5, 5.41) is 4.04. The molecule has 2 fully saturated rings. The van der Waals surface area contributed by atoms with Gasteiger partial charge in [0.25, 0.3) is 11.8 Å². The molecule has 0 saturated carbocycles. The predicted molar refractivity (Wildman–Crippen MR) is 158 cm³/mol. The summed E-state index contributed by atoms with van der Waals surface area (Å²) in [5.74, 6) is -0.312. The lowest BCUT2D eigenvalue weighted by Gasteiger charge is -2.43. The summed E-state index contributed by atoms with van der Waals surface area (Å²) in [6.45, 7) is 3.53. The van der Waals surface area contributed by atoms with E-state index < -0.39 is 5.54 Å². The number of benzene rings is 3. The highest BCUT2D eigenvalue weighted by atomic mass is 35.5. The number of hydrogen-bond donors (Lipinski definition) is 1. The molecule has 2 aliphatic rings. The molecule has 2 saturated heterocycles. The van der Waals surface area contributed by atoms with E-state index >= 15 is 0 Å². The van der Waals surface area contributed by atoms with E-state index in [9.17, 15) is 14.4 Å². The van der Waals surface area contributed by atoms with Gasteiger partial charge in [0.1, 0.15) is 12.1 Å². The van der Waals surface area contributed by atoms with Crippen molar-refractivity contribution in [1.82, 2.24) is 15.1 Å². The minimum Gasteiger partial charge on any atom is -0.354 e. The van der Waals surface area contributed by atoms with Gasteiger partial charge in [-0.1, -0.05) is 65.7 Å². The summed E-state index contributed by atoms with van der Waals surface area (Å²) in [7, 11) is 0. The van der Waals surface area contributed by atoms with E-state index in [1.165, 1.54) is 0 Å². The van der Waals surface area contributed by atoms with Crippen molar-refractivity contribution < 1.29 is 14.4 Å². The Morgan fingerprint density at radius 3 is 2.35 bits per heavy atom. The number of anilines is 1. The molecule has 40 heavy (non-hydrogen) atoms. The first kappa shape index (κ1) is 28.0. The number of carbonyl (C=O) groups is 3. The van der Waals surface area contributed by atoms with Gasteiger partial charge in [0.15, 0.2) is 0 Å². The number of para-hydroxylation sites is 1. The first-order valence-corrected chi connectivity index (χ1v) is 14.2. The summed E-state index contributed by atoms with van der Waals surface area (Å²) in [6.07, 6.45) is 1.54. The van der Waals surface area contributed by atoms with Crippen LogP contribution in [0.1, 0.15) is 34.3 Å². The van der Waals surface area contributed by atoms with Gasteiger partial charge in [-0.05, 0) is 67.6 Å². The SMILES string of the molecule is Cc1ccccc1C(=O)N1CCC2(CC1)C(=O)N(CC(=O)NCCc1ccc(Cl)cc1Cl)CN2c1ccccc1. The van der Waals surface area contributed by atoms with Crippen molar-refractivity contribution in [3.05, 3.63) is 99.5 Å². The summed E-state index contributed by atoms with van der Waals surface area (Å²) in [4.78, 5) is 45.6. The van der Waals surface area contributed by atoms with E-state index in [1.54, 1.807) is 17.0 Å². The van der Waals surface area contributed by atoms with Gasteiger partial charge in [0, 0.05) is 40.9 Å². The second-order valence-corrected chi connectivity index (χ2v) is 11.2. The van der Waals surface area contributed by atoms with Gasteiger partial charge in [0.05, 0.1) is 6.67 Å². The Labute approximate surface area is 244 Å². The van der Waals surface area contributed by atoms with Crippen molar-refractivity contribution in [1.29, 1.82) is 0 Å². The molecule has 0 atom stereocenters. The van der Waals surface area contributed by atoms with Crippen molar-refractivity contribution >= 4 is 46.6 Å². The highest BCUT2D eigenvalue weighted by Gasteiger charge is 2.54. The van der Waals surface area contributed by atoms with Crippen LogP contribution in [0.3, 0.4) is 0 Å². The number of amides is 3. The number of halogens is 2. The van der Waals surface area contributed by atoms with Crippen LogP contribution < -0.4 is 10.2 Å². The average Bonchev–Trinajstić information content (AvgIpc) is 3.21. The lowest BCUT2D eigenvalue weighted by Crippen LogP contribution is -2.57. The monoisotopic (exact) mass is 578 g/mol. The van der Waals surface area contributed by atoms with Crippen LogP contribution in [-0.2, 0) is 16.0 Å². The fraction of sp³-hybridized carbons (Fsp3) is 0.323. The quantitative estimate of drug-likeness (QED) is 0.431. The minimum absolute atomic E-state index is 0.0123. The zero-order valence-electron chi connectivity index (χ0n) is 22.4. The zero-order valence-corrected chi connectivity index (χ0v) is 23.9. The Morgan fingerprint density at radius 1 is 0.950 bits per heavy atom. The number of likely N-dealkylation sites (tertiary alicyclic amines) is 1. The van der Waals surface area contributed by atoms with Gasteiger partial charge in [-0.3, -0.25) is 14.4 Å². The second-order valence-electron chi connectivity index (χ2n) is 10.4. The Balaban J connectivity index is 1.26.